The Balaban J connectivity index is 1.95. The highest BCUT2D eigenvalue weighted by Crippen LogP contribution is 2.25. The quantitative estimate of drug-likeness (QED) is 0.778. The minimum absolute atomic E-state index is 0.492. The average molecular weight is 252 g/mol. The fourth-order valence-electron chi connectivity index (χ4n) is 2.13. The molecule has 90 valence electrons. The Hall–Kier alpha value is -1.33. The predicted molar refractivity (Wildman–Crippen MR) is 68.6 cm³/mol. The maximum atomic E-state index is 5.85. The van der Waals surface area contributed by atoms with Gasteiger partial charge in [-0.25, -0.2) is 4.98 Å². The minimum atomic E-state index is 0.492. The zero-order chi connectivity index (χ0) is 11.8. The monoisotopic (exact) mass is 251 g/mol. The molecule has 1 fully saturated rings. The lowest BCUT2D eigenvalue weighted by molar-refractivity contribution is 0.312. The molecule has 0 aromatic carbocycles. The van der Waals surface area contributed by atoms with Gasteiger partial charge in [-0.2, -0.15) is 5.10 Å². The highest BCUT2D eigenvalue weighted by molar-refractivity contribution is 6.30. The summed E-state index contributed by atoms with van der Waals surface area (Å²) in [6.45, 7) is 4.13. The standard InChI is InChI=1S/C11H14ClN5/c1-16-2-4-17(5-3-16)11-8-7-13-10(12)6-9(8)14-15-11/h6-7H,2-5H2,1H3,(H,14,15). The van der Waals surface area contributed by atoms with Crippen molar-refractivity contribution in [1.82, 2.24) is 20.1 Å². The van der Waals surface area contributed by atoms with Crippen LogP contribution in [0.3, 0.4) is 0 Å². The molecule has 6 heteroatoms. The fourth-order valence-corrected chi connectivity index (χ4v) is 2.29. The van der Waals surface area contributed by atoms with Crippen molar-refractivity contribution in [1.29, 1.82) is 0 Å². The summed E-state index contributed by atoms with van der Waals surface area (Å²) in [5.74, 6) is 0.984. The number of hydrogen-bond acceptors (Lipinski definition) is 4. The molecular weight excluding hydrogens is 238 g/mol. The maximum Gasteiger partial charge on any atom is 0.159 e. The van der Waals surface area contributed by atoms with Crippen molar-refractivity contribution in [3.8, 4) is 0 Å². The summed E-state index contributed by atoms with van der Waals surface area (Å²) >= 11 is 5.85. The van der Waals surface area contributed by atoms with E-state index in [4.69, 9.17) is 11.6 Å². The second-order valence-corrected chi connectivity index (χ2v) is 4.78. The Labute approximate surface area is 104 Å². The second-order valence-electron chi connectivity index (χ2n) is 4.39. The minimum Gasteiger partial charge on any atom is -0.352 e. The van der Waals surface area contributed by atoms with Crippen molar-refractivity contribution < 1.29 is 0 Å². The van der Waals surface area contributed by atoms with Gasteiger partial charge in [0.05, 0.1) is 10.9 Å². The average Bonchev–Trinajstić information content (AvgIpc) is 2.73. The first-order valence-corrected chi connectivity index (χ1v) is 6.05. The molecule has 3 heterocycles. The van der Waals surface area contributed by atoms with E-state index >= 15 is 0 Å². The summed E-state index contributed by atoms with van der Waals surface area (Å²) in [6, 6.07) is 1.81. The van der Waals surface area contributed by atoms with E-state index in [0.717, 1.165) is 42.9 Å². The van der Waals surface area contributed by atoms with Gasteiger partial charge in [-0.1, -0.05) is 11.6 Å². The van der Waals surface area contributed by atoms with Crippen LogP contribution >= 0.6 is 11.6 Å². The van der Waals surface area contributed by atoms with Gasteiger partial charge < -0.3 is 9.80 Å². The number of piperazine rings is 1. The number of halogens is 1. The molecule has 0 unspecified atom stereocenters. The van der Waals surface area contributed by atoms with Crippen LogP contribution in [-0.4, -0.2) is 53.3 Å². The molecule has 0 saturated carbocycles. The number of anilines is 1. The normalized spacial score (nSPS) is 17.9. The molecule has 2 aromatic rings. The summed E-state index contributed by atoms with van der Waals surface area (Å²) in [5, 5.41) is 8.91. The van der Waals surface area contributed by atoms with E-state index in [1.54, 1.807) is 6.20 Å². The predicted octanol–water partition coefficient (Wildman–Crippen LogP) is 1.36. The Morgan fingerprint density at radius 2 is 2.06 bits per heavy atom. The third kappa shape index (κ3) is 1.96. The summed E-state index contributed by atoms with van der Waals surface area (Å²) in [4.78, 5) is 8.72. The number of H-pyrrole nitrogens is 1. The van der Waals surface area contributed by atoms with Crippen molar-refractivity contribution in [2.45, 2.75) is 0 Å². The zero-order valence-electron chi connectivity index (χ0n) is 9.65. The van der Waals surface area contributed by atoms with Crippen molar-refractivity contribution in [3.63, 3.8) is 0 Å². The Morgan fingerprint density at radius 1 is 1.29 bits per heavy atom. The molecule has 17 heavy (non-hydrogen) atoms. The molecule has 0 bridgehead atoms. The highest BCUT2D eigenvalue weighted by atomic mass is 35.5. The highest BCUT2D eigenvalue weighted by Gasteiger charge is 2.18. The maximum absolute atomic E-state index is 5.85. The molecule has 0 amide bonds. The number of rotatable bonds is 1. The summed E-state index contributed by atoms with van der Waals surface area (Å²) in [7, 11) is 2.14. The Bertz CT molecular complexity index is 530. The van der Waals surface area contributed by atoms with Gasteiger partial charge in [-0.3, -0.25) is 5.10 Å². The van der Waals surface area contributed by atoms with Crippen LogP contribution in [0.5, 0.6) is 0 Å². The van der Waals surface area contributed by atoms with Crippen LogP contribution in [0.25, 0.3) is 10.9 Å². The van der Waals surface area contributed by atoms with Crippen LogP contribution in [0, 0.1) is 0 Å². The van der Waals surface area contributed by atoms with Crippen molar-refractivity contribution in [2.24, 2.45) is 0 Å². The van der Waals surface area contributed by atoms with Gasteiger partial charge in [0.2, 0.25) is 0 Å². The number of likely N-dealkylation sites (N-methyl/N-ethyl adjacent to an activating group) is 1. The molecule has 0 aliphatic carbocycles. The number of fused-ring (bicyclic) bond motifs is 1. The van der Waals surface area contributed by atoms with E-state index in [1.165, 1.54) is 0 Å². The van der Waals surface area contributed by atoms with Crippen LogP contribution in [0.1, 0.15) is 0 Å². The molecule has 0 spiro atoms. The number of pyridine rings is 1. The van der Waals surface area contributed by atoms with Crippen molar-refractivity contribution >= 4 is 28.3 Å². The molecule has 3 rings (SSSR count). The molecule has 0 radical (unpaired) electrons. The van der Waals surface area contributed by atoms with Crippen molar-refractivity contribution in [2.75, 3.05) is 38.1 Å². The van der Waals surface area contributed by atoms with Gasteiger partial charge in [0.1, 0.15) is 5.15 Å². The molecule has 1 aliphatic heterocycles. The van der Waals surface area contributed by atoms with Crippen LogP contribution in [0.15, 0.2) is 12.3 Å². The summed E-state index contributed by atoms with van der Waals surface area (Å²) in [6.07, 6.45) is 1.79. The Kier molecular flexibility index (Phi) is 2.64. The molecule has 5 nitrogen and oxygen atoms in total. The molecular formula is C11H14ClN5. The lowest BCUT2D eigenvalue weighted by Crippen LogP contribution is -2.44. The van der Waals surface area contributed by atoms with Gasteiger partial charge in [0.25, 0.3) is 0 Å². The molecule has 1 N–H and O–H groups in total. The van der Waals surface area contributed by atoms with E-state index in [1.807, 2.05) is 6.07 Å². The van der Waals surface area contributed by atoms with Gasteiger partial charge in [-0.05, 0) is 7.05 Å². The van der Waals surface area contributed by atoms with Crippen molar-refractivity contribution in [3.05, 3.63) is 17.4 Å². The number of aromatic amines is 1. The first-order chi connectivity index (χ1) is 8.24. The van der Waals surface area contributed by atoms with E-state index < -0.39 is 0 Å². The Morgan fingerprint density at radius 3 is 2.82 bits per heavy atom. The smallest absolute Gasteiger partial charge is 0.159 e. The fraction of sp³-hybridized carbons (Fsp3) is 0.455. The second kappa shape index (κ2) is 4.16. The molecule has 1 saturated heterocycles. The van der Waals surface area contributed by atoms with Crippen LogP contribution in [0.4, 0.5) is 5.82 Å². The zero-order valence-corrected chi connectivity index (χ0v) is 10.4. The molecule has 2 aromatic heterocycles. The topological polar surface area (TPSA) is 48.0 Å². The summed E-state index contributed by atoms with van der Waals surface area (Å²) in [5.41, 5.74) is 0.943. The van der Waals surface area contributed by atoms with E-state index in [0.29, 0.717) is 5.15 Å². The summed E-state index contributed by atoms with van der Waals surface area (Å²) < 4.78 is 0. The third-order valence-corrected chi connectivity index (χ3v) is 3.40. The lowest BCUT2D eigenvalue weighted by atomic mass is 10.2. The third-order valence-electron chi connectivity index (χ3n) is 3.20. The molecule has 0 atom stereocenters. The number of nitrogens with zero attached hydrogens (tertiary/aromatic N) is 4. The van der Waals surface area contributed by atoms with Crippen LogP contribution < -0.4 is 4.90 Å². The molecule has 1 aliphatic rings. The van der Waals surface area contributed by atoms with E-state index in [-0.39, 0.29) is 0 Å². The number of nitrogens with one attached hydrogen (secondary N) is 1. The first kappa shape index (κ1) is 10.8. The largest absolute Gasteiger partial charge is 0.352 e. The van der Waals surface area contributed by atoms with Gasteiger partial charge in [0, 0.05) is 38.4 Å². The number of hydrogen-bond donors (Lipinski definition) is 1. The number of aromatic nitrogens is 3. The SMILES string of the molecule is CN1CCN(c2n[nH]c3cc(Cl)ncc23)CC1. The first-order valence-electron chi connectivity index (χ1n) is 5.67. The van der Waals surface area contributed by atoms with E-state index in [2.05, 4.69) is 32.0 Å². The van der Waals surface area contributed by atoms with Gasteiger partial charge >= 0.3 is 0 Å². The van der Waals surface area contributed by atoms with Gasteiger partial charge in [-0.15, -0.1) is 0 Å². The lowest BCUT2D eigenvalue weighted by Gasteiger charge is -2.32. The van der Waals surface area contributed by atoms with Crippen LogP contribution in [-0.2, 0) is 0 Å². The van der Waals surface area contributed by atoms with Gasteiger partial charge in [0.15, 0.2) is 5.82 Å². The van der Waals surface area contributed by atoms with Crippen LogP contribution in [0.2, 0.25) is 5.15 Å². The van der Waals surface area contributed by atoms with E-state index in [9.17, 15) is 0 Å².